The average molecular weight is 381 g/mol. The molecule has 4 heterocycles. The van der Waals surface area contributed by atoms with E-state index in [9.17, 15) is 4.79 Å². The van der Waals surface area contributed by atoms with E-state index >= 15 is 0 Å². The number of imidazole rings is 1. The van der Waals surface area contributed by atoms with Crippen LogP contribution < -0.4 is 0 Å². The molecule has 27 heavy (non-hydrogen) atoms. The first kappa shape index (κ1) is 17.9. The summed E-state index contributed by atoms with van der Waals surface area (Å²) in [7, 11) is 0. The van der Waals surface area contributed by atoms with Gasteiger partial charge in [0, 0.05) is 44.0 Å². The number of carbonyl (C=O) groups is 1. The number of amides is 1. The number of piperidine rings is 1. The lowest BCUT2D eigenvalue weighted by Crippen LogP contribution is -2.39. The molecule has 3 aromatic rings. The van der Waals surface area contributed by atoms with Gasteiger partial charge in [-0.25, -0.2) is 4.98 Å². The van der Waals surface area contributed by atoms with Crippen LogP contribution >= 0.6 is 11.3 Å². The number of thiophene rings is 1. The fourth-order valence-corrected chi connectivity index (χ4v) is 4.44. The van der Waals surface area contributed by atoms with E-state index in [0.29, 0.717) is 12.3 Å². The van der Waals surface area contributed by atoms with Crippen LogP contribution in [0.25, 0.3) is 0 Å². The maximum Gasteiger partial charge on any atom is 0.222 e. The van der Waals surface area contributed by atoms with Gasteiger partial charge in [-0.2, -0.15) is 11.3 Å². The third-order valence-electron chi connectivity index (χ3n) is 5.15. The first-order valence-corrected chi connectivity index (χ1v) is 10.4. The third-order valence-corrected chi connectivity index (χ3v) is 5.89. The largest absolute Gasteiger partial charge is 0.342 e. The zero-order chi connectivity index (χ0) is 18.5. The summed E-state index contributed by atoms with van der Waals surface area (Å²) in [6.07, 6.45) is 9.22. The Balaban J connectivity index is 1.40. The summed E-state index contributed by atoms with van der Waals surface area (Å²) in [6, 6.07) is 8.07. The lowest BCUT2D eigenvalue weighted by molar-refractivity contribution is -0.132. The van der Waals surface area contributed by atoms with Gasteiger partial charge >= 0.3 is 0 Å². The molecule has 0 bridgehead atoms. The van der Waals surface area contributed by atoms with Crippen LogP contribution in [0.5, 0.6) is 0 Å². The van der Waals surface area contributed by atoms with Gasteiger partial charge in [0.1, 0.15) is 5.82 Å². The minimum Gasteiger partial charge on any atom is -0.342 e. The predicted octanol–water partition coefficient (Wildman–Crippen LogP) is 3.73. The highest BCUT2D eigenvalue weighted by Gasteiger charge is 2.27. The quantitative estimate of drug-likeness (QED) is 0.655. The Bertz CT molecular complexity index is 859. The van der Waals surface area contributed by atoms with Gasteiger partial charge in [0.25, 0.3) is 0 Å². The van der Waals surface area contributed by atoms with Crippen LogP contribution in [0.15, 0.2) is 53.6 Å². The summed E-state index contributed by atoms with van der Waals surface area (Å²) < 4.78 is 2.17. The molecule has 1 aliphatic rings. The Kier molecular flexibility index (Phi) is 5.63. The first-order chi connectivity index (χ1) is 13.3. The fraction of sp³-hybridized carbons (Fsp3) is 0.381. The molecular formula is C21H24N4OS. The molecule has 0 aliphatic carbocycles. The van der Waals surface area contributed by atoms with Crippen molar-refractivity contribution >= 4 is 17.2 Å². The lowest BCUT2D eigenvalue weighted by atomic mass is 9.96. The topological polar surface area (TPSA) is 51.0 Å². The molecule has 0 N–H and O–H groups in total. The van der Waals surface area contributed by atoms with Gasteiger partial charge in [-0.1, -0.05) is 6.07 Å². The molecular weight excluding hydrogens is 356 g/mol. The van der Waals surface area contributed by atoms with Gasteiger partial charge in [-0.05, 0) is 53.8 Å². The van der Waals surface area contributed by atoms with Crippen molar-refractivity contribution in [2.75, 3.05) is 13.1 Å². The highest BCUT2D eigenvalue weighted by Crippen LogP contribution is 2.27. The predicted molar refractivity (Wildman–Crippen MR) is 107 cm³/mol. The zero-order valence-corrected chi connectivity index (χ0v) is 16.1. The molecule has 0 radical (unpaired) electrons. The van der Waals surface area contributed by atoms with E-state index in [-0.39, 0.29) is 5.91 Å². The van der Waals surface area contributed by atoms with Crippen molar-refractivity contribution < 1.29 is 4.79 Å². The minimum absolute atomic E-state index is 0.258. The second kappa shape index (κ2) is 8.48. The molecule has 1 aliphatic heterocycles. The number of nitrogens with zero attached hydrogens (tertiary/aromatic N) is 4. The number of hydrogen-bond donors (Lipinski definition) is 0. The SMILES string of the molecule is O=C(CCc1ccsc1)N1CCCC(c2nccn2Cc2ccccn2)C1. The number of pyridine rings is 1. The Morgan fingerprint density at radius 3 is 3.00 bits per heavy atom. The second-order valence-electron chi connectivity index (χ2n) is 7.04. The van der Waals surface area contributed by atoms with Gasteiger partial charge < -0.3 is 9.47 Å². The van der Waals surface area contributed by atoms with E-state index in [1.54, 1.807) is 11.3 Å². The highest BCUT2D eigenvalue weighted by atomic mass is 32.1. The summed E-state index contributed by atoms with van der Waals surface area (Å²) in [6.45, 7) is 2.35. The molecule has 140 valence electrons. The van der Waals surface area contributed by atoms with Crippen molar-refractivity contribution in [3.63, 3.8) is 0 Å². The molecule has 3 aromatic heterocycles. The van der Waals surface area contributed by atoms with Crippen LogP contribution in [-0.4, -0.2) is 38.4 Å². The molecule has 1 fully saturated rings. The molecule has 0 spiro atoms. The van der Waals surface area contributed by atoms with E-state index in [1.807, 2.05) is 41.7 Å². The maximum atomic E-state index is 12.7. The molecule has 1 amide bonds. The van der Waals surface area contributed by atoms with Gasteiger partial charge in [0.15, 0.2) is 0 Å². The van der Waals surface area contributed by atoms with Crippen LogP contribution in [0.1, 0.15) is 42.3 Å². The summed E-state index contributed by atoms with van der Waals surface area (Å²) in [4.78, 5) is 23.7. The number of carbonyl (C=O) groups excluding carboxylic acids is 1. The number of hydrogen-bond acceptors (Lipinski definition) is 4. The maximum absolute atomic E-state index is 12.7. The summed E-state index contributed by atoms with van der Waals surface area (Å²) in [5.41, 5.74) is 2.28. The first-order valence-electron chi connectivity index (χ1n) is 9.49. The van der Waals surface area contributed by atoms with E-state index < -0.39 is 0 Å². The van der Waals surface area contributed by atoms with Crippen LogP contribution in [0, 0.1) is 0 Å². The average Bonchev–Trinajstić information content (AvgIpc) is 3.39. The van der Waals surface area contributed by atoms with Crippen LogP contribution in [0.3, 0.4) is 0 Å². The Labute approximate surface area is 163 Å². The van der Waals surface area contributed by atoms with Crippen molar-refractivity contribution in [3.05, 3.63) is 70.7 Å². The highest BCUT2D eigenvalue weighted by molar-refractivity contribution is 7.07. The Morgan fingerprint density at radius 2 is 2.19 bits per heavy atom. The smallest absolute Gasteiger partial charge is 0.222 e. The summed E-state index contributed by atoms with van der Waals surface area (Å²) in [5, 5.41) is 4.19. The molecule has 1 saturated heterocycles. The standard InChI is InChI=1S/C21H24N4OS/c26-20(7-6-17-8-13-27-16-17)24-11-3-4-18(14-24)21-23-10-12-25(21)15-19-5-1-2-9-22-19/h1-2,5,8-10,12-13,16,18H,3-4,6-7,11,14-15H2. The number of likely N-dealkylation sites (tertiary alicyclic amines) is 1. The van der Waals surface area contributed by atoms with Crippen LogP contribution in [0.4, 0.5) is 0 Å². The lowest BCUT2D eigenvalue weighted by Gasteiger charge is -2.32. The van der Waals surface area contributed by atoms with E-state index in [0.717, 1.165) is 50.4 Å². The molecule has 1 unspecified atom stereocenters. The molecule has 1 atom stereocenters. The van der Waals surface area contributed by atoms with Crippen LogP contribution in [0.2, 0.25) is 0 Å². The second-order valence-corrected chi connectivity index (χ2v) is 7.82. The van der Waals surface area contributed by atoms with Crippen molar-refractivity contribution in [2.45, 2.75) is 38.1 Å². The minimum atomic E-state index is 0.258. The Morgan fingerprint density at radius 1 is 1.22 bits per heavy atom. The van der Waals surface area contributed by atoms with Crippen LogP contribution in [-0.2, 0) is 17.8 Å². The van der Waals surface area contributed by atoms with Crippen molar-refractivity contribution in [1.82, 2.24) is 19.4 Å². The molecule has 5 nitrogen and oxygen atoms in total. The molecule has 0 aromatic carbocycles. The van der Waals surface area contributed by atoms with Gasteiger partial charge in [-0.15, -0.1) is 0 Å². The third kappa shape index (κ3) is 4.45. The number of aromatic nitrogens is 3. The fourth-order valence-electron chi connectivity index (χ4n) is 3.74. The number of rotatable bonds is 6. The van der Waals surface area contributed by atoms with Crippen molar-refractivity contribution in [2.24, 2.45) is 0 Å². The summed E-state index contributed by atoms with van der Waals surface area (Å²) in [5.74, 6) is 1.62. The summed E-state index contributed by atoms with van der Waals surface area (Å²) >= 11 is 1.69. The van der Waals surface area contributed by atoms with E-state index in [4.69, 9.17) is 0 Å². The zero-order valence-electron chi connectivity index (χ0n) is 15.3. The van der Waals surface area contributed by atoms with Gasteiger partial charge in [0.05, 0.1) is 12.2 Å². The Hall–Kier alpha value is -2.47. The molecule has 6 heteroatoms. The van der Waals surface area contributed by atoms with Crippen molar-refractivity contribution in [1.29, 1.82) is 0 Å². The van der Waals surface area contributed by atoms with E-state index in [2.05, 4.69) is 31.4 Å². The van der Waals surface area contributed by atoms with Gasteiger partial charge in [-0.3, -0.25) is 9.78 Å². The normalized spacial score (nSPS) is 17.2. The van der Waals surface area contributed by atoms with Gasteiger partial charge in [0.2, 0.25) is 5.91 Å². The van der Waals surface area contributed by atoms with E-state index in [1.165, 1.54) is 5.56 Å². The molecule has 0 saturated carbocycles. The van der Waals surface area contributed by atoms with Crippen molar-refractivity contribution in [3.8, 4) is 0 Å². The molecule has 4 rings (SSSR count). The number of aryl methyl sites for hydroxylation is 1. The monoisotopic (exact) mass is 380 g/mol.